The largest absolute Gasteiger partial charge is 0.333 e. The quantitative estimate of drug-likeness (QED) is 0.708. The highest BCUT2D eigenvalue weighted by atomic mass is 16.2. The average Bonchev–Trinajstić information content (AvgIpc) is 3.03. The topological polar surface area (TPSA) is 40.6 Å². The van der Waals surface area contributed by atoms with Gasteiger partial charge in [0.1, 0.15) is 6.04 Å². The van der Waals surface area contributed by atoms with Gasteiger partial charge in [0.05, 0.1) is 0 Å². The van der Waals surface area contributed by atoms with Crippen molar-refractivity contribution in [1.82, 2.24) is 9.80 Å². The number of rotatable bonds is 6. The Balaban J connectivity index is 2.04. The van der Waals surface area contributed by atoms with E-state index in [2.05, 4.69) is 13.2 Å². The maximum Gasteiger partial charge on any atom is 0.245 e. The van der Waals surface area contributed by atoms with Crippen LogP contribution in [-0.2, 0) is 9.59 Å². The van der Waals surface area contributed by atoms with Crippen LogP contribution in [0.2, 0.25) is 0 Å². The van der Waals surface area contributed by atoms with Crippen LogP contribution in [0, 0.1) is 5.92 Å². The van der Waals surface area contributed by atoms with Crippen molar-refractivity contribution in [3.63, 3.8) is 0 Å². The first kappa shape index (κ1) is 16.8. The Morgan fingerprint density at radius 1 is 1.00 bits per heavy atom. The summed E-state index contributed by atoms with van der Waals surface area (Å²) in [5, 5.41) is 0. The lowest BCUT2D eigenvalue weighted by molar-refractivity contribution is -0.146. The van der Waals surface area contributed by atoms with Gasteiger partial charge < -0.3 is 9.80 Å². The van der Waals surface area contributed by atoms with E-state index < -0.39 is 0 Å². The van der Waals surface area contributed by atoms with E-state index in [1.165, 1.54) is 6.42 Å². The summed E-state index contributed by atoms with van der Waals surface area (Å²) in [4.78, 5) is 29.1. The van der Waals surface area contributed by atoms with Gasteiger partial charge in [0, 0.05) is 25.6 Å². The predicted molar refractivity (Wildman–Crippen MR) is 88.3 cm³/mol. The SMILES string of the molecule is C=CCN(CC=C)C(=O)[C@@H]1CCCN1C(=O)C1CCCCC1. The van der Waals surface area contributed by atoms with Crippen LogP contribution in [0.5, 0.6) is 0 Å². The number of carbonyl (C=O) groups excluding carboxylic acids is 2. The molecule has 1 atom stereocenters. The zero-order valence-corrected chi connectivity index (χ0v) is 13.5. The number of amides is 2. The van der Waals surface area contributed by atoms with Crippen LogP contribution >= 0.6 is 0 Å². The minimum absolute atomic E-state index is 0.0430. The summed E-state index contributed by atoms with van der Waals surface area (Å²) in [6.07, 6.45) is 10.6. The molecule has 0 aromatic heterocycles. The Kier molecular flexibility index (Phi) is 6.22. The highest BCUT2D eigenvalue weighted by Gasteiger charge is 2.38. The molecule has 22 heavy (non-hydrogen) atoms. The normalized spacial score (nSPS) is 22.4. The number of hydrogen-bond donors (Lipinski definition) is 0. The van der Waals surface area contributed by atoms with Crippen molar-refractivity contribution in [3.8, 4) is 0 Å². The lowest BCUT2D eigenvalue weighted by atomic mass is 9.88. The minimum atomic E-state index is -0.283. The molecule has 1 heterocycles. The molecule has 1 saturated carbocycles. The van der Waals surface area contributed by atoms with Crippen molar-refractivity contribution in [2.75, 3.05) is 19.6 Å². The molecule has 1 saturated heterocycles. The van der Waals surface area contributed by atoms with Gasteiger partial charge in [0.25, 0.3) is 0 Å². The molecule has 2 aliphatic rings. The maximum absolute atomic E-state index is 12.8. The smallest absolute Gasteiger partial charge is 0.245 e. The molecule has 2 rings (SSSR count). The van der Waals surface area contributed by atoms with E-state index in [0.717, 1.165) is 45.1 Å². The van der Waals surface area contributed by atoms with Gasteiger partial charge in [0.15, 0.2) is 0 Å². The van der Waals surface area contributed by atoms with Crippen LogP contribution in [0.3, 0.4) is 0 Å². The van der Waals surface area contributed by atoms with Gasteiger partial charge in [-0.25, -0.2) is 0 Å². The molecule has 122 valence electrons. The second kappa shape index (κ2) is 8.16. The van der Waals surface area contributed by atoms with E-state index in [9.17, 15) is 9.59 Å². The third kappa shape index (κ3) is 3.79. The van der Waals surface area contributed by atoms with E-state index in [4.69, 9.17) is 0 Å². The highest BCUT2D eigenvalue weighted by Crippen LogP contribution is 2.29. The summed E-state index contributed by atoms with van der Waals surface area (Å²) >= 11 is 0. The minimum Gasteiger partial charge on any atom is -0.333 e. The molecule has 0 N–H and O–H groups in total. The van der Waals surface area contributed by atoms with Crippen molar-refractivity contribution in [1.29, 1.82) is 0 Å². The van der Waals surface area contributed by atoms with Crippen LogP contribution < -0.4 is 0 Å². The Morgan fingerprint density at radius 3 is 2.23 bits per heavy atom. The molecule has 0 bridgehead atoms. The van der Waals surface area contributed by atoms with Crippen LogP contribution in [0.15, 0.2) is 25.3 Å². The first-order valence-electron chi connectivity index (χ1n) is 8.50. The molecular weight excluding hydrogens is 276 g/mol. The fourth-order valence-corrected chi connectivity index (χ4v) is 3.65. The Labute approximate surface area is 133 Å². The summed E-state index contributed by atoms with van der Waals surface area (Å²) < 4.78 is 0. The Morgan fingerprint density at radius 2 is 1.64 bits per heavy atom. The Bertz CT molecular complexity index is 417. The lowest BCUT2D eigenvalue weighted by Gasteiger charge is -2.32. The molecule has 0 aromatic rings. The van der Waals surface area contributed by atoms with Crippen LogP contribution in [0.25, 0.3) is 0 Å². The zero-order valence-electron chi connectivity index (χ0n) is 13.5. The highest BCUT2D eigenvalue weighted by molar-refractivity contribution is 5.89. The first-order chi connectivity index (χ1) is 10.7. The maximum atomic E-state index is 12.8. The van der Waals surface area contributed by atoms with Crippen LogP contribution in [0.1, 0.15) is 44.9 Å². The summed E-state index contributed by atoms with van der Waals surface area (Å²) in [6, 6.07) is -0.283. The average molecular weight is 304 g/mol. The summed E-state index contributed by atoms with van der Waals surface area (Å²) in [5.41, 5.74) is 0. The first-order valence-corrected chi connectivity index (χ1v) is 8.50. The molecular formula is C18H28N2O2. The molecule has 4 nitrogen and oxygen atoms in total. The molecule has 1 aliphatic carbocycles. The zero-order chi connectivity index (χ0) is 15.9. The molecule has 0 radical (unpaired) electrons. The molecule has 0 spiro atoms. The van der Waals surface area contributed by atoms with Crippen molar-refractivity contribution in [2.24, 2.45) is 5.92 Å². The molecule has 0 unspecified atom stereocenters. The van der Waals surface area contributed by atoms with Gasteiger partial charge in [-0.3, -0.25) is 9.59 Å². The summed E-state index contributed by atoms with van der Waals surface area (Å²) in [7, 11) is 0. The number of nitrogens with zero attached hydrogens (tertiary/aromatic N) is 2. The van der Waals surface area contributed by atoms with E-state index in [-0.39, 0.29) is 23.8 Å². The number of likely N-dealkylation sites (tertiary alicyclic amines) is 1. The monoisotopic (exact) mass is 304 g/mol. The predicted octanol–water partition coefficient (Wildman–Crippen LogP) is 2.76. The van der Waals surface area contributed by atoms with Crippen molar-refractivity contribution in [2.45, 2.75) is 51.0 Å². The molecule has 2 fully saturated rings. The van der Waals surface area contributed by atoms with Gasteiger partial charge in [0.2, 0.25) is 11.8 Å². The number of hydrogen-bond acceptors (Lipinski definition) is 2. The molecule has 0 aromatic carbocycles. The fraction of sp³-hybridized carbons (Fsp3) is 0.667. The fourth-order valence-electron chi connectivity index (χ4n) is 3.65. The van der Waals surface area contributed by atoms with E-state index >= 15 is 0 Å². The third-order valence-corrected chi connectivity index (χ3v) is 4.79. The standard InChI is InChI=1S/C18H28N2O2/c1-3-12-19(13-4-2)18(22)16-11-8-14-20(16)17(21)15-9-6-5-7-10-15/h3-4,15-16H,1-2,5-14H2/t16-/m0/s1. The van der Waals surface area contributed by atoms with Gasteiger partial charge >= 0.3 is 0 Å². The molecule has 4 heteroatoms. The second-order valence-corrected chi connectivity index (χ2v) is 6.35. The van der Waals surface area contributed by atoms with Gasteiger partial charge in [-0.2, -0.15) is 0 Å². The lowest BCUT2D eigenvalue weighted by Crippen LogP contribution is -2.49. The van der Waals surface area contributed by atoms with E-state index in [1.807, 2.05) is 4.90 Å². The van der Waals surface area contributed by atoms with Gasteiger partial charge in [-0.05, 0) is 25.7 Å². The Hall–Kier alpha value is -1.58. The van der Waals surface area contributed by atoms with Crippen LogP contribution in [0.4, 0.5) is 0 Å². The molecule has 1 aliphatic heterocycles. The van der Waals surface area contributed by atoms with Crippen LogP contribution in [-0.4, -0.2) is 47.3 Å². The van der Waals surface area contributed by atoms with E-state index in [1.54, 1.807) is 17.1 Å². The van der Waals surface area contributed by atoms with Crippen molar-refractivity contribution in [3.05, 3.63) is 25.3 Å². The van der Waals surface area contributed by atoms with Crippen molar-refractivity contribution < 1.29 is 9.59 Å². The molecule has 2 amide bonds. The summed E-state index contributed by atoms with van der Waals surface area (Å²) in [5.74, 6) is 0.378. The van der Waals surface area contributed by atoms with Gasteiger partial charge in [-0.15, -0.1) is 13.2 Å². The second-order valence-electron chi connectivity index (χ2n) is 6.35. The third-order valence-electron chi connectivity index (χ3n) is 4.79. The summed E-state index contributed by atoms with van der Waals surface area (Å²) in [6.45, 7) is 9.16. The number of carbonyl (C=O) groups is 2. The van der Waals surface area contributed by atoms with Crippen molar-refractivity contribution >= 4 is 11.8 Å². The van der Waals surface area contributed by atoms with Gasteiger partial charge in [-0.1, -0.05) is 31.4 Å². The van der Waals surface area contributed by atoms with E-state index in [0.29, 0.717) is 13.1 Å².